The summed E-state index contributed by atoms with van der Waals surface area (Å²) in [5.41, 5.74) is 1.29. The van der Waals surface area contributed by atoms with Crippen molar-refractivity contribution in [3.05, 3.63) is 29.8 Å². The average Bonchev–Trinajstić information content (AvgIpc) is 2.27. The molecule has 1 unspecified atom stereocenters. The molecule has 0 bridgehead atoms. The summed E-state index contributed by atoms with van der Waals surface area (Å²) in [4.78, 5) is 2.32. The molecule has 1 atom stereocenters. The predicted molar refractivity (Wildman–Crippen MR) is 65.8 cm³/mol. The van der Waals surface area contributed by atoms with Crippen LogP contribution in [0.15, 0.2) is 24.3 Å². The minimum atomic E-state index is 0.383. The number of nitrogens with zero attached hydrogens (tertiary/aromatic N) is 1. The van der Waals surface area contributed by atoms with Gasteiger partial charge < -0.3 is 15.0 Å². The molecule has 1 saturated heterocycles. The van der Waals surface area contributed by atoms with E-state index in [2.05, 4.69) is 36.3 Å². The van der Waals surface area contributed by atoms with Gasteiger partial charge in [0.2, 0.25) is 0 Å². The second kappa shape index (κ2) is 4.85. The smallest absolute Gasteiger partial charge is 0.119 e. The number of nitrogens with one attached hydrogen (secondary N) is 1. The van der Waals surface area contributed by atoms with Crippen LogP contribution in [-0.2, 0) is 0 Å². The number of ether oxygens (including phenoxy) is 1. The van der Waals surface area contributed by atoms with Crippen molar-refractivity contribution in [1.82, 2.24) is 10.2 Å². The molecule has 0 radical (unpaired) electrons. The van der Waals surface area contributed by atoms with Crippen LogP contribution in [0.3, 0.4) is 0 Å². The van der Waals surface area contributed by atoms with E-state index >= 15 is 0 Å². The maximum Gasteiger partial charge on any atom is 0.119 e. The summed E-state index contributed by atoms with van der Waals surface area (Å²) in [5.74, 6) is 0.928. The average molecular weight is 220 g/mol. The van der Waals surface area contributed by atoms with Crippen LogP contribution in [-0.4, -0.2) is 38.2 Å². The fourth-order valence-corrected chi connectivity index (χ4v) is 2.17. The quantitative estimate of drug-likeness (QED) is 0.835. The number of methoxy groups -OCH3 is 1. The van der Waals surface area contributed by atoms with Crippen molar-refractivity contribution in [1.29, 1.82) is 0 Å². The minimum absolute atomic E-state index is 0.383. The van der Waals surface area contributed by atoms with E-state index in [1.54, 1.807) is 7.11 Å². The van der Waals surface area contributed by atoms with Crippen molar-refractivity contribution >= 4 is 0 Å². The third-order valence-electron chi connectivity index (χ3n) is 3.14. The van der Waals surface area contributed by atoms with Gasteiger partial charge in [-0.15, -0.1) is 0 Å². The zero-order chi connectivity index (χ0) is 11.5. The highest BCUT2D eigenvalue weighted by molar-refractivity contribution is 5.30. The number of likely N-dealkylation sites (tertiary alicyclic amines) is 1. The normalized spacial score (nSPS) is 19.2. The Labute approximate surface area is 97.4 Å². The minimum Gasteiger partial charge on any atom is -0.497 e. The molecule has 0 aliphatic carbocycles. The van der Waals surface area contributed by atoms with E-state index in [-0.39, 0.29) is 0 Å². The van der Waals surface area contributed by atoms with Crippen molar-refractivity contribution in [3.8, 4) is 5.75 Å². The van der Waals surface area contributed by atoms with E-state index in [0.717, 1.165) is 18.8 Å². The second-order valence-electron chi connectivity index (χ2n) is 4.58. The van der Waals surface area contributed by atoms with Gasteiger partial charge in [0.1, 0.15) is 5.75 Å². The Morgan fingerprint density at radius 2 is 2.19 bits per heavy atom. The molecule has 1 aliphatic heterocycles. The van der Waals surface area contributed by atoms with Crippen molar-refractivity contribution in [3.63, 3.8) is 0 Å². The van der Waals surface area contributed by atoms with Crippen LogP contribution in [0.25, 0.3) is 0 Å². The first-order valence-electron chi connectivity index (χ1n) is 5.77. The SMILES string of the molecule is COc1cccc(C(C)NC2CN(C)C2)c1. The Balaban J connectivity index is 1.94. The third kappa shape index (κ3) is 2.54. The number of rotatable bonds is 4. The molecule has 0 saturated carbocycles. The van der Waals surface area contributed by atoms with E-state index in [1.807, 2.05) is 12.1 Å². The Morgan fingerprint density at radius 1 is 1.44 bits per heavy atom. The lowest BCUT2D eigenvalue weighted by Crippen LogP contribution is -2.56. The van der Waals surface area contributed by atoms with Crippen LogP contribution in [0.1, 0.15) is 18.5 Å². The van der Waals surface area contributed by atoms with Crippen LogP contribution < -0.4 is 10.1 Å². The molecule has 16 heavy (non-hydrogen) atoms. The molecule has 1 aliphatic rings. The van der Waals surface area contributed by atoms with Gasteiger partial charge in [0.05, 0.1) is 7.11 Å². The van der Waals surface area contributed by atoms with Gasteiger partial charge in [-0.2, -0.15) is 0 Å². The van der Waals surface area contributed by atoms with E-state index in [1.165, 1.54) is 5.56 Å². The first kappa shape index (κ1) is 11.4. The molecule has 3 heteroatoms. The van der Waals surface area contributed by atoms with Crippen LogP contribution in [0, 0.1) is 0 Å². The first-order chi connectivity index (χ1) is 7.69. The molecule has 3 nitrogen and oxygen atoms in total. The molecule has 0 spiro atoms. The van der Waals surface area contributed by atoms with Gasteiger partial charge in [-0.1, -0.05) is 12.1 Å². The number of benzene rings is 1. The fourth-order valence-electron chi connectivity index (χ4n) is 2.17. The summed E-state index contributed by atoms with van der Waals surface area (Å²) in [6.45, 7) is 4.50. The van der Waals surface area contributed by atoms with Crippen molar-refractivity contribution < 1.29 is 4.74 Å². The summed E-state index contributed by atoms with van der Waals surface area (Å²) >= 11 is 0. The summed E-state index contributed by atoms with van der Waals surface area (Å²) in [5, 5.41) is 3.62. The van der Waals surface area contributed by atoms with E-state index in [0.29, 0.717) is 12.1 Å². The largest absolute Gasteiger partial charge is 0.497 e. The Kier molecular flexibility index (Phi) is 3.46. The monoisotopic (exact) mass is 220 g/mol. The van der Waals surface area contributed by atoms with Gasteiger partial charge in [-0.25, -0.2) is 0 Å². The fraction of sp³-hybridized carbons (Fsp3) is 0.538. The molecule has 0 aromatic heterocycles. The maximum atomic E-state index is 5.23. The molecule has 1 aromatic carbocycles. The lowest BCUT2D eigenvalue weighted by Gasteiger charge is -2.38. The highest BCUT2D eigenvalue weighted by Gasteiger charge is 2.24. The zero-order valence-electron chi connectivity index (χ0n) is 10.2. The van der Waals surface area contributed by atoms with E-state index in [9.17, 15) is 0 Å². The molecular weight excluding hydrogens is 200 g/mol. The summed E-state index contributed by atoms with van der Waals surface area (Å²) < 4.78 is 5.23. The van der Waals surface area contributed by atoms with E-state index in [4.69, 9.17) is 4.74 Å². The number of hydrogen-bond donors (Lipinski definition) is 1. The molecule has 2 rings (SSSR count). The van der Waals surface area contributed by atoms with Crippen molar-refractivity contribution in [2.75, 3.05) is 27.2 Å². The van der Waals surface area contributed by atoms with Gasteiger partial charge >= 0.3 is 0 Å². The van der Waals surface area contributed by atoms with Gasteiger partial charge in [0, 0.05) is 25.2 Å². The van der Waals surface area contributed by atoms with E-state index < -0.39 is 0 Å². The topological polar surface area (TPSA) is 24.5 Å². The summed E-state index contributed by atoms with van der Waals surface area (Å²) in [7, 11) is 3.85. The molecule has 88 valence electrons. The lowest BCUT2D eigenvalue weighted by molar-refractivity contribution is 0.153. The van der Waals surface area contributed by atoms with Crippen molar-refractivity contribution in [2.24, 2.45) is 0 Å². The number of likely N-dealkylation sites (N-methyl/N-ethyl adjacent to an activating group) is 1. The van der Waals surface area contributed by atoms with Crippen LogP contribution in [0.5, 0.6) is 5.75 Å². The highest BCUT2D eigenvalue weighted by atomic mass is 16.5. The lowest BCUT2D eigenvalue weighted by atomic mass is 10.0. The molecule has 1 N–H and O–H groups in total. The molecule has 1 heterocycles. The zero-order valence-corrected chi connectivity index (χ0v) is 10.2. The Hall–Kier alpha value is -1.06. The second-order valence-corrected chi connectivity index (χ2v) is 4.58. The standard InChI is InChI=1S/C13H20N2O/c1-10(14-12-8-15(2)9-12)11-5-4-6-13(7-11)16-3/h4-7,10,12,14H,8-9H2,1-3H3. The molecule has 0 amide bonds. The van der Waals surface area contributed by atoms with Gasteiger partial charge in [-0.3, -0.25) is 0 Å². The van der Waals surface area contributed by atoms with Crippen LogP contribution >= 0.6 is 0 Å². The van der Waals surface area contributed by atoms with Crippen molar-refractivity contribution in [2.45, 2.75) is 19.0 Å². The van der Waals surface area contributed by atoms with Gasteiger partial charge in [-0.05, 0) is 31.7 Å². The van der Waals surface area contributed by atoms with Crippen LogP contribution in [0.2, 0.25) is 0 Å². The predicted octanol–water partition coefficient (Wildman–Crippen LogP) is 1.66. The highest BCUT2D eigenvalue weighted by Crippen LogP contribution is 2.20. The Morgan fingerprint density at radius 3 is 2.81 bits per heavy atom. The molecule has 1 fully saturated rings. The number of hydrogen-bond acceptors (Lipinski definition) is 3. The summed E-state index contributed by atoms with van der Waals surface area (Å²) in [6.07, 6.45) is 0. The maximum absolute atomic E-state index is 5.23. The third-order valence-corrected chi connectivity index (χ3v) is 3.14. The molecule has 1 aromatic rings. The van der Waals surface area contributed by atoms with Gasteiger partial charge in [0.25, 0.3) is 0 Å². The Bertz CT molecular complexity index is 348. The first-order valence-corrected chi connectivity index (χ1v) is 5.77. The molecular formula is C13H20N2O. The summed E-state index contributed by atoms with van der Waals surface area (Å²) in [6, 6.07) is 9.27. The van der Waals surface area contributed by atoms with Crippen LogP contribution in [0.4, 0.5) is 0 Å². The van der Waals surface area contributed by atoms with Gasteiger partial charge in [0.15, 0.2) is 0 Å².